The van der Waals surface area contributed by atoms with Crippen LogP contribution in [0.15, 0.2) is 79.1 Å². The third kappa shape index (κ3) is 6.14. The van der Waals surface area contributed by atoms with Crippen molar-refractivity contribution in [2.75, 3.05) is 11.9 Å². The second-order valence-electron chi connectivity index (χ2n) is 10.2. The fraction of sp³-hybridized carbons (Fsp3) is 0.226. The predicted octanol–water partition coefficient (Wildman–Crippen LogP) is 7.69. The number of nitrogens with zero attached hydrogens (tertiary/aromatic N) is 4. The first kappa shape index (κ1) is 28.5. The maximum atomic E-state index is 13.7. The largest absolute Gasteiger partial charge is 0.433 e. The molecule has 220 valence electrons. The number of rotatable bonds is 7. The number of aromatic nitrogens is 4. The SMILES string of the molecule is FC(F)(F)c1ccc(Nc2nc(CNCC3CCc4ccccc43)nc3cc(-c4ncccc4C(F)(F)F)ccc23)cn1. The second-order valence-corrected chi connectivity index (χ2v) is 10.2. The molecular formula is C31H24F6N6. The van der Waals surface area contributed by atoms with Crippen LogP contribution in [-0.4, -0.2) is 26.5 Å². The molecule has 12 heteroatoms. The lowest BCUT2D eigenvalue weighted by Gasteiger charge is -2.15. The number of pyridine rings is 2. The molecule has 1 atom stereocenters. The summed E-state index contributed by atoms with van der Waals surface area (Å²) >= 11 is 0. The molecule has 1 unspecified atom stereocenters. The van der Waals surface area contributed by atoms with E-state index >= 15 is 0 Å². The van der Waals surface area contributed by atoms with Gasteiger partial charge >= 0.3 is 12.4 Å². The zero-order valence-electron chi connectivity index (χ0n) is 22.5. The van der Waals surface area contributed by atoms with Gasteiger partial charge in [-0.1, -0.05) is 30.3 Å². The van der Waals surface area contributed by atoms with Crippen LogP contribution in [0.5, 0.6) is 0 Å². The number of hydrogen-bond donors (Lipinski definition) is 2. The fourth-order valence-electron chi connectivity index (χ4n) is 5.35. The van der Waals surface area contributed by atoms with Crippen LogP contribution in [0.4, 0.5) is 37.8 Å². The molecule has 3 heterocycles. The van der Waals surface area contributed by atoms with Crippen LogP contribution in [-0.2, 0) is 25.3 Å². The molecule has 6 nitrogen and oxygen atoms in total. The molecule has 6 rings (SSSR count). The lowest BCUT2D eigenvalue weighted by Crippen LogP contribution is -2.21. The van der Waals surface area contributed by atoms with E-state index in [1.807, 2.05) is 12.1 Å². The number of anilines is 2. The minimum Gasteiger partial charge on any atom is -0.338 e. The van der Waals surface area contributed by atoms with E-state index in [1.165, 1.54) is 41.6 Å². The van der Waals surface area contributed by atoms with Crippen molar-refractivity contribution in [3.05, 3.63) is 107 Å². The average molecular weight is 595 g/mol. The number of halogens is 6. The third-order valence-electron chi connectivity index (χ3n) is 7.38. The van der Waals surface area contributed by atoms with Gasteiger partial charge in [0.15, 0.2) is 0 Å². The maximum Gasteiger partial charge on any atom is 0.433 e. The predicted molar refractivity (Wildman–Crippen MR) is 150 cm³/mol. The van der Waals surface area contributed by atoms with E-state index in [1.54, 1.807) is 6.07 Å². The Labute approximate surface area is 242 Å². The Kier molecular flexibility index (Phi) is 7.47. The molecule has 2 aromatic carbocycles. The number of alkyl halides is 6. The average Bonchev–Trinajstić information content (AvgIpc) is 3.39. The summed E-state index contributed by atoms with van der Waals surface area (Å²) in [6.45, 7) is 0.934. The molecule has 43 heavy (non-hydrogen) atoms. The summed E-state index contributed by atoms with van der Waals surface area (Å²) in [4.78, 5) is 16.7. The first-order chi connectivity index (χ1) is 20.6. The molecule has 0 saturated carbocycles. The number of fused-ring (bicyclic) bond motifs is 2. The lowest BCUT2D eigenvalue weighted by molar-refractivity contribution is -0.141. The van der Waals surface area contributed by atoms with Crippen molar-refractivity contribution in [3.8, 4) is 11.3 Å². The van der Waals surface area contributed by atoms with Crippen molar-refractivity contribution >= 4 is 22.4 Å². The second kappa shape index (κ2) is 11.3. The topological polar surface area (TPSA) is 75.6 Å². The minimum atomic E-state index is -4.61. The summed E-state index contributed by atoms with van der Waals surface area (Å²) in [6, 6.07) is 17.1. The van der Waals surface area contributed by atoms with Gasteiger partial charge in [-0.2, -0.15) is 26.3 Å². The van der Waals surface area contributed by atoms with E-state index in [9.17, 15) is 26.3 Å². The van der Waals surface area contributed by atoms with Gasteiger partial charge in [0.2, 0.25) is 0 Å². The van der Waals surface area contributed by atoms with Gasteiger partial charge < -0.3 is 10.6 Å². The minimum absolute atomic E-state index is 0.211. The summed E-state index contributed by atoms with van der Waals surface area (Å²) in [5.74, 6) is 0.956. The molecule has 0 amide bonds. The Morgan fingerprint density at radius 3 is 2.44 bits per heavy atom. The summed E-state index contributed by atoms with van der Waals surface area (Å²) < 4.78 is 80.2. The molecule has 0 spiro atoms. The highest BCUT2D eigenvalue weighted by molar-refractivity contribution is 5.93. The van der Waals surface area contributed by atoms with Crippen molar-refractivity contribution in [2.24, 2.45) is 0 Å². The monoisotopic (exact) mass is 594 g/mol. The highest BCUT2D eigenvalue weighted by atomic mass is 19.4. The zero-order valence-corrected chi connectivity index (χ0v) is 22.5. The molecular weight excluding hydrogens is 570 g/mol. The van der Waals surface area contributed by atoms with Crippen LogP contribution < -0.4 is 10.6 Å². The Balaban J connectivity index is 1.33. The van der Waals surface area contributed by atoms with Gasteiger partial charge in [-0.05, 0) is 66.3 Å². The van der Waals surface area contributed by atoms with Crippen LogP contribution in [0.1, 0.15) is 40.5 Å². The summed E-state index contributed by atoms with van der Waals surface area (Å²) in [5, 5.41) is 6.85. The number of hydrogen-bond acceptors (Lipinski definition) is 6. The van der Waals surface area contributed by atoms with Crippen LogP contribution in [0.25, 0.3) is 22.2 Å². The van der Waals surface area contributed by atoms with Gasteiger partial charge in [0.05, 0.1) is 35.2 Å². The quantitative estimate of drug-likeness (QED) is 0.188. The summed E-state index contributed by atoms with van der Waals surface area (Å²) in [7, 11) is 0. The molecule has 2 N–H and O–H groups in total. The first-order valence-corrected chi connectivity index (χ1v) is 13.5. The van der Waals surface area contributed by atoms with Gasteiger partial charge in [-0.25, -0.2) is 15.0 Å². The number of benzene rings is 2. The lowest BCUT2D eigenvalue weighted by atomic mass is 10.0. The van der Waals surface area contributed by atoms with E-state index in [0.717, 1.165) is 31.2 Å². The fourth-order valence-corrected chi connectivity index (χ4v) is 5.35. The van der Waals surface area contributed by atoms with Crippen LogP contribution in [0, 0.1) is 0 Å². The van der Waals surface area contributed by atoms with Crippen LogP contribution >= 0.6 is 0 Å². The Morgan fingerprint density at radius 1 is 0.837 bits per heavy atom. The summed E-state index contributed by atoms with van der Waals surface area (Å²) in [5.41, 5.74) is 1.28. The van der Waals surface area contributed by atoms with Gasteiger partial charge in [-0.15, -0.1) is 0 Å². The Bertz CT molecular complexity index is 1770. The highest BCUT2D eigenvalue weighted by Gasteiger charge is 2.34. The van der Waals surface area contributed by atoms with Crippen molar-refractivity contribution in [3.63, 3.8) is 0 Å². The summed E-state index contributed by atoms with van der Waals surface area (Å²) in [6.07, 6.45) is -4.86. The van der Waals surface area contributed by atoms with Crippen molar-refractivity contribution in [1.82, 2.24) is 25.3 Å². The first-order valence-electron chi connectivity index (χ1n) is 13.5. The molecule has 1 aliphatic rings. The molecule has 0 fully saturated rings. The molecule has 0 aliphatic heterocycles. The Morgan fingerprint density at radius 2 is 1.67 bits per heavy atom. The molecule has 5 aromatic rings. The van der Waals surface area contributed by atoms with Gasteiger partial charge in [-0.3, -0.25) is 4.98 Å². The number of nitrogens with one attached hydrogen (secondary N) is 2. The molecule has 1 aliphatic carbocycles. The van der Waals surface area contributed by atoms with E-state index in [4.69, 9.17) is 0 Å². The van der Waals surface area contributed by atoms with E-state index in [2.05, 4.69) is 42.7 Å². The van der Waals surface area contributed by atoms with Crippen molar-refractivity contribution < 1.29 is 26.3 Å². The molecule has 0 saturated heterocycles. The van der Waals surface area contributed by atoms with Gasteiger partial charge in [0.1, 0.15) is 17.3 Å². The van der Waals surface area contributed by atoms with E-state index < -0.39 is 23.6 Å². The highest BCUT2D eigenvalue weighted by Crippen LogP contribution is 2.37. The molecule has 0 bridgehead atoms. The number of aryl methyl sites for hydroxylation is 1. The normalized spacial score (nSPS) is 15.1. The van der Waals surface area contributed by atoms with Crippen molar-refractivity contribution in [1.29, 1.82) is 0 Å². The van der Waals surface area contributed by atoms with Crippen molar-refractivity contribution in [2.45, 2.75) is 37.7 Å². The molecule has 3 aromatic heterocycles. The third-order valence-corrected chi connectivity index (χ3v) is 7.38. The Hall–Kier alpha value is -4.58. The zero-order chi connectivity index (χ0) is 30.2. The van der Waals surface area contributed by atoms with Crippen LogP contribution in [0.3, 0.4) is 0 Å². The standard InChI is InChI=1S/C31H24F6N6/c32-30(33,34)24-6-3-13-39-28(24)19-9-11-23-25(14-19)42-27(17-38-15-20-8-7-18-4-1-2-5-22(18)20)43-29(23)41-21-10-12-26(40-16-21)31(35,36)37/h1-6,9-14,16,20,38H,7-8,15,17H2,(H,41,42,43). The molecule has 0 radical (unpaired) electrons. The smallest absolute Gasteiger partial charge is 0.338 e. The van der Waals surface area contributed by atoms with E-state index in [0.29, 0.717) is 29.2 Å². The van der Waals surface area contributed by atoms with Crippen LogP contribution in [0.2, 0.25) is 0 Å². The van der Waals surface area contributed by atoms with Gasteiger partial charge in [0.25, 0.3) is 0 Å². The van der Waals surface area contributed by atoms with E-state index in [-0.39, 0.29) is 29.3 Å². The maximum absolute atomic E-state index is 13.7. The van der Waals surface area contributed by atoms with Gasteiger partial charge in [0, 0.05) is 23.7 Å².